The smallest absolute Gasteiger partial charge is 0.289 e. The average Bonchev–Trinajstić information content (AvgIpc) is 2.71. The highest BCUT2D eigenvalue weighted by molar-refractivity contribution is 7.89. The number of sulfonamides is 1. The lowest BCUT2D eigenvalue weighted by Crippen LogP contribution is -2.34. The second kappa shape index (κ2) is 8.96. The van der Waals surface area contributed by atoms with Gasteiger partial charge in [0, 0.05) is 31.3 Å². The first-order chi connectivity index (χ1) is 14.6. The van der Waals surface area contributed by atoms with Crippen molar-refractivity contribution >= 4 is 26.6 Å². The number of benzene rings is 2. The van der Waals surface area contributed by atoms with Crippen molar-refractivity contribution in [3.8, 4) is 0 Å². The van der Waals surface area contributed by atoms with Crippen molar-refractivity contribution in [3.63, 3.8) is 0 Å². The minimum atomic E-state index is -4.31. The van der Waals surface area contributed by atoms with Crippen molar-refractivity contribution in [1.29, 1.82) is 0 Å². The van der Waals surface area contributed by atoms with Gasteiger partial charge in [0.2, 0.25) is 10.0 Å². The van der Waals surface area contributed by atoms with E-state index in [1.165, 1.54) is 12.1 Å². The number of aryl methyl sites for hydroxylation is 2. The molecule has 0 aliphatic carbocycles. The number of para-hydroxylation sites is 1. The predicted octanol–water partition coefficient (Wildman–Crippen LogP) is 2.63. The summed E-state index contributed by atoms with van der Waals surface area (Å²) in [6, 6.07) is 10.5. The van der Waals surface area contributed by atoms with Crippen LogP contribution in [0.15, 0.2) is 52.2 Å². The highest BCUT2D eigenvalue weighted by Crippen LogP contribution is 2.27. The van der Waals surface area contributed by atoms with Gasteiger partial charge in [-0.05, 0) is 49.4 Å². The number of pyridine rings is 1. The SMILES string of the molecule is Cc1cc(C)c2[nH]c(=O)c(CN(CCCO)S(=O)(=O)c3ccccc3[N+](=O)[O-])cc2c1. The number of hydrogen-bond donors (Lipinski definition) is 2. The molecule has 0 saturated heterocycles. The van der Waals surface area contributed by atoms with Gasteiger partial charge >= 0.3 is 0 Å². The van der Waals surface area contributed by atoms with E-state index in [1.807, 2.05) is 26.0 Å². The van der Waals surface area contributed by atoms with Crippen LogP contribution in [0.25, 0.3) is 10.9 Å². The predicted molar refractivity (Wildman–Crippen MR) is 116 cm³/mol. The van der Waals surface area contributed by atoms with E-state index >= 15 is 0 Å². The summed E-state index contributed by atoms with van der Waals surface area (Å²) in [6.07, 6.45) is 0.115. The first kappa shape index (κ1) is 22.6. The monoisotopic (exact) mass is 445 g/mol. The Balaban J connectivity index is 2.10. The normalized spacial score (nSPS) is 11.9. The molecule has 0 spiro atoms. The van der Waals surface area contributed by atoms with Gasteiger partial charge in [-0.25, -0.2) is 8.42 Å². The molecule has 0 radical (unpaired) electrons. The summed E-state index contributed by atoms with van der Waals surface area (Å²) in [5.41, 5.74) is 1.78. The molecule has 0 unspecified atom stereocenters. The Bertz CT molecular complexity index is 1300. The number of aromatic nitrogens is 1. The maximum atomic E-state index is 13.3. The number of hydrogen-bond acceptors (Lipinski definition) is 6. The fourth-order valence-electron chi connectivity index (χ4n) is 3.54. The molecule has 31 heavy (non-hydrogen) atoms. The lowest BCUT2D eigenvalue weighted by Gasteiger charge is -2.22. The van der Waals surface area contributed by atoms with E-state index in [1.54, 1.807) is 6.07 Å². The summed E-state index contributed by atoms with van der Waals surface area (Å²) in [5.74, 6) is 0. The molecule has 2 aromatic carbocycles. The van der Waals surface area contributed by atoms with Gasteiger partial charge < -0.3 is 10.1 Å². The van der Waals surface area contributed by atoms with Crippen molar-refractivity contribution in [1.82, 2.24) is 9.29 Å². The summed E-state index contributed by atoms with van der Waals surface area (Å²) < 4.78 is 27.5. The number of nitrogens with one attached hydrogen (secondary N) is 1. The van der Waals surface area contributed by atoms with Crippen molar-refractivity contribution in [2.45, 2.75) is 31.7 Å². The van der Waals surface area contributed by atoms with E-state index in [0.29, 0.717) is 5.52 Å². The number of aromatic amines is 1. The number of fused-ring (bicyclic) bond motifs is 1. The first-order valence-corrected chi connectivity index (χ1v) is 11.1. The van der Waals surface area contributed by atoms with Gasteiger partial charge in [-0.15, -0.1) is 0 Å². The number of nitrogens with zero attached hydrogens (tertiary/aromatic N) is 2. The van der Waals surface area contributed by atoms with E-state index in [9.17, 15) is 28.4 Å². The average molecular weight is 445 g/mol. The van der Waals surface area contributed by atoms with Gasteiger partial charge in [0.1, 0.15) is 0 Å². The van der Waals surface area contributed by atoms with Crippen LogP contribution in [-0.4, -0.2) is 40.9 Å². The zero-order valence-electron chi connectivity index (χ0n) is 17.2. The lowest BCUT2D eigenvalue weighted by atomic mass is 10.1. The molecule has 0 aliphatic rings. The van der Waals surface area contributed by atoms with Crippen molar-refractivity contribution in [2.75, 3.05) is 13.2 Å². The summed E-state index contributed by atoms with van der Waals surface area (Å²) in [4.78, 5) is 25.6. The van der Waals surface area contributed by atoms with Crippen molar-refractivity contribution in [3.05, 3.63) is 79.6 Å². The van der Waals surface area contributed by atoms with Gasteiger partial charge in [-0.3, -0.25) is 14.9 Å². The van der Waals surface area contributed by atoms with Gasteiger partial charge in [0.25, 0.3) is 11.2 Å². The molecule has 3 aromatic rings. The maximum absolute atomic E-state index is 13.3. The fourth-order valence-corrected chi connectivity index (χ4v) is 5.15. The molecule has 2 N–H and O–H groups in total. The molecule has 0 aliphatic heterocycles. The molecule has 0 saturated carbocycles. The zero-order valence-corrected chi connectivity index (χ0v) is 18.0. The first-order valence-electron chi connectivity index (χ1n) is 9.62. The van der Waals surface area contributed by atoms with E-state index in [2.05, 4.69) is 4.98 Å². The van der Waals surface area contributed by atoms with E-state index in [0.717, 1.165) is 33.0 Å². The van der Waals surface area contributed by atoms with Crippen LogP contribution in [0.5, 0.6) is 0 Å². The minimum Gasteiger partial charge on any atom is -0.396 e. The van der Waals surface area contributed by atoms with Crippen LogP contribution in [0.3, 0.4) is 0 Å². The largest absolute Gasteiger partial charge is 0.396 e. The molecule has 9 nitrogen and oxygen atoms in total. The second-order valence-electron chi connectivity index (χ2n) is 7.31. The minimum absolute atomic E-state index is 0.102. The lowest BCUT2D eigenvalue weighted by molar-refractivity contribution is -0.387. The van der Waals surface area contributed by atoms with Gasteiger partial charge in [0.05, 0.1) is 10.4 Å². The molecule has 164 valence electrons. The molecule has 3 rings (SSSR count). The Morgan fingerprint density at radius 2 is 1.87 bits per heavy atom. The van der Waals surface area contributed by atoms with Crippen molar-refractivity contribution < 1.29 is 18.4 Å². The van der Waals surface area contributed by atoms with E-state index in [4.69, 9.17) is 0 Å². The summed E-state index contributed by atoms with van der Waals surface area (Å²) in [6.45, 7) is 3.14. The molecular weight excluding hydrogens is 422 g/mol. The number of nitro benzene ring substituents is 1. The molecular formula is C21H23N3O6S. The number of aliphatic hydroxyl groups excluding tert-OH is 1. The Morgan fingerprint density at radius 3 is 2.55 bits per heavy atom. The summed E-state index contributed by atoms with van der Waals surface area (Å²) in [5, 5.41) is 21.3. The number of rotatable bonds is 8. The molecule has 1 aromatic heterocycles. The standard InChI is InChI=1S/C21H23N3O6S/c1-14-10-15(2)20-16(11-14)12-17(21(26)22-20)13-23(8-5-9-25)31(29,30)19-7-4-3-6-18(19)24(27)28/h3-4,6-7,10-12,25H,5,8-9,13H2,1-2H3,(H,22,26). The molecule has 1 heterocycles. The molecule has 0 atom stereocenters. The van der Waals surface area contributed by atoms with Gasteiger partial charge in [-0.2, -0.15) is 4.31 Å². The fraction of sp³-hybridized carbons (Fsp3) is 0.286. The van der Waals surface area contributed by atoms with Crippen LogP contribution >= 0.6 is 0 Å². The highest BCUT2D eigenvalue weighted by atomic mass is 32.2. The Labute approximate surface area is 179 Å². The molecule has 10 heteroatoms. The Morgan fingerprint density at radius 1 is 1.16 bits per heavy atom. The van der Waals surface area contributed by atoms with Crippen LogP contribution in [0.1, 0.15) is 23.1 Å². The molecule has 0 bridgehead atoms. The van der Waals surface area contributed by atoms with Gasteiger partial charge in [0.15, 0.2) is 4.90 Å². The molecule has 0 fully saturated rings. The Kier molecular flexibility index (Phi) is 6.54. The third-order valence-electron chi connectivity index (χ3n) is 4.96. The highest BCUT2D eigenvalue weighted by Gasteiger charge is 2.31. The third-order valence-corrected chi connectivity index (χ3v) is 6.85. The van der Waals surface area contributed by atoms with Gasteiger partial charge in [-0.1, -0.05) is 23.8 Å². The van der Waals surface area contributed by atoms with Crippen LogP contribution in [-0.2, 0) is 16.6 Å². The van der Waals surface area contributed by atoms with Crippen LogP contribution in [0.4, 0.5) is 5.69 Å². The summed E-state index contributed by atoms with van der Waals surface area (Å²) >= 11 is 0. The number of nitro groups is 1. The van der Waals surface area contributed by atoms with Crippen LogP contribution < -0.4 is 5.56 Å². The van der Waals surface area contributed by atoms with E-state index in [-0.39, 0.29) is 31.7 Å². The summed E-state index contributed by atoms with van der Waals surface area (Å²) in [7, 11) is -4.31. The topological polar surface area (TPSA) is 134 Å². The van der Waals surface area contributed by atoms with E-state index < -0.39 is 31.1 Å². The zero-order chi connectivity index (χ0) is 22.8. The third kappa shape index (κ3) is 4.66. The molecule has 0 amide bonds. The number of aliphatic hydroxyl groups is 1. The second-order valence-corrected chi connectivity index (χ2v) is 9.22. The quantitative estimate of drug-likeness (QED) is 0.404. The number of H-pyrrole nitrogens is 1. The van der Waals surface area contributed by atoms with Crippen LogP contribution in [0.2, 0.25) is 0 Å². The maximum Gasteiger partial charge on any atom is 0.289 e. The van der Waals surface area contributed by atoms with Crippen molar-refractivity contribution in [2.24, 2.45) is 0 Å². The van der Waals surface area contributed by atoms with Crippen LogP contribution in [0, 0.1) is 24.0 Å². The Hall–Kier alpha value is -3.08.